The highest BCUT2D eigenvalue weighted by molar-refractivity contribution is 8.44. The van der Waals surface area contributed by atoms with Crippen molar-refractivity contribution in [3.63, 3.8) is 0 Å². The molecule has 0 radical (unpaired) electrons. The maximum Gasteiger partial charge on any atom is 0.386 e. The second-order valence-corrected chi connectivity index (χ2v) is 15.9. The highest BCUT2D eigenvalue weighted by atomic mass is 32.7. The number of anilines is 1. The average Bonchev–Trinajstić information content (AvgIpc) is 3.72. The van der Waals surface area contributed by atoms with E-state index in [1.54, 1.807) is 0 Å². The summed E-state index contributed by atoms with van der Waals surface area (Å²) in [5.41, 5.74) is 12.8. The van der Waals surface area contributed by atoms with Crippen LogP contribution in [0.15, 0.2) is 30.6 Å². The quantitative estimate of drug-likeness (QED) is 0.156. The molecular formula is C21H25FN10O9P2S2. The molecule has 10 atom stereocenters. The number of fused-ring (bicyclic) bond motifs is 4. The topological polar surface area (TPSA) is 251 Å². The molecule has 0 spiro atoms. The van der Waals surface area contributed by atoms with Crippen molar-refractivity contribution in [2.24, 2.45) is 10.7 Å². The number of nitrogens with one attached hydrogen (secondary N) is 1. The number of aliphatic hydroxyl groups is 1. The molecule has 0 amide bonds. The third-order valence-corrected chi connectivity index (χ3v) is 10.6. The number of halogens is 1. The lowest BCUT2D eigenvalue weighted by Crippen LogP contribution is -2.38. The van der Waals surface area contributed by atoms with Gasteiger partial charge in [0.05, 0.1) is 31.6 Å². The normalized spacial score (nSPS) is 38.8. The zero-order chi connectivity index (χ0) is 31.8. The van der Waals surface area contributed by atoms with Crippen LogP contribution >= 0.6 is 25.8 Å². The van der Waals surface area contributed by atoms with E-state index in [9.17, 15) is 14.6 Å². The summed E-state index contributed by atoms with van der Waals surface area (Å²) in [5, 5.41) is 14.0. The van der Waals surface area contributed by atoms with Gasteiger partial charge in [-0.1, -0.05) is 18.8 Å². The van der Waals surface area contributed by atoms with Crippen LogP contribution in [0.4, 0.5) is 16.0 Å². The van der Waals surface area contributed by atoms with Gasteiger partial charge >= 0.3 is 13.5 Å². The molecule has 0 aromatic carbocycles. The monoisotopic (exact) mass is 706 g/mol. The Balaban J connectivity index is 1.16. The van der Waals surface area contributed by atoms with E-state index in [4.69, 9.17) is 50.8 Å². The molecule has 7 rings (SSSR count). The van der Waals surface area contributed by atoms with E-state index in [0.29, 0.717) is 11.4 Å². The number of nitrogen functional groups attached to an aromatic ring is 1. The highest BCUT2D eigenvalue weighted by Crippen LogP contribution is 2.58. The van der Waals surface area contributed by atoms with E-state index in [0.717, 1.165) is 0 Å². The fraction of sp³-hybridized carbons (Fsp3) is 0.476. The van der Waals surface area contributed by atoms with E-state index in [2.05, 4.69) is 49.1 Å². The average molecular weight is 707 g/mol. The first-order valence-corrected chi connectivity index (χ1v) is 18.4. The number of thiol groups is 1. The molecule has 0 saturated carbocycles. The van der Waals surface area contributed by atoms with Crippen molar-refractivity contribution >= 4 is 72.0 Å². The van der Waals surface area contributed by atoms with Crippen LogP contribution in [0.25, 0.3) is 16.9 Å². The zero-order valence-electron chi connectivity index (χ0n) is 22.6. The fourth-order valence-corrected chi connectivity index (χ4v) is 8.30. The van der Waals surface area contributed by atoms with Gasteiger partial charge in [0.15, 0.2) is 41.9 Å². The molecule has 3 saturated heterocycles. The van der Waals surface area contributed by atoms with Gasteiger partial charge in [0.1, 0.15) is 48.1 Å². The number of hydrogen-bond donors (Lipinski definition) is 6. The lowest BCUT2D eigenvalue weighted by molar-refractivity contribution is -0.0572. The number of guanidine groups is 1. The Labute approximate surface area is 262 Å². The Kier molecular flexibility index (Phi) is 7.78. The van der Waals surface area contributed by atoms with Gasteiger partial charge in [-0.05, 0) is 11.8 Å². The fourth-order valence-electron chi connectivity index (χ4n) is 5.37. The van der Waals surface area contributed by atoms with Crippen LogP contribution in [-0.4, -0.2) is 94.9 Å². The minimum Gasteiger partial charge on any atom is -0.386 e. The SMILES string of the molecule is C=C1NC(N)=Nc2c1ncn2[C@@H]1O[C@@H]2COP(O)(=S)O[C@H]3[C@@H](O)[C@H](n4cnc5c(N)ncnc54)O[C@@H]3COP(=O)(S)O[C@H]2[C@H]1F. The molecule has 0 aliphatic carbocycles. The van der Waals surface area contributed by atoms with Crippen LogP contribution in [0.2, 0.25) is 0 Å². The number of ether oxygens (including phenoxy) is 2. The minimum absolute atomic E-state index is 0.00377. The number of aliphatic hydroxyl groups excluding tert-OH is 1. The number of rotatable bonds is 2. The van der Waals surface area contributed by atoms with Gasteiger partial charge in [-0.25, -0.2) is 28.9 Å². The summed E-state index contributed by atoms with van der Waals surface area (Å²) in [4.78, 5) is 31.5. The van der Waals surface area contributed by atoms with Gasteiger partial charge in [-0.2, -0.15) is 4.99 Å². The summed E-state index contributed by atoms with van der Waals surface area (Å²) in [6.07, 6.45) is -7.86. The van der Waals surface area contributed by atoms with E-state index < -0.39 is 75.9 Å². The molecule has 3 aromatic heterocycles. The number of hydrogen-bond acceptors (Lipinski definition) is 17. The van der Waals surface area contributed by atoms with Gasteiger partial charge in [-0.15, -0.1) is 0 Å². The first-order valence-electron chi connectivity index (χ1n) is 13.1. The highest BCUT2D eigenvalue weighted by Gasteiger charge is 2.53. The summed E-state index contributed by atoms with van der Waals surface area (Å²) in [6, 6.07) is 0. The summed E-state index contributed by atoms with van der Waals surface area (Å²) >= 11 is 9.26. The molecule has 7 N–H and O–H groups in total. The molecule has 4 aliphatic heterocycles. The predicted octanol–water partition coefficient (Wildman–Crippen LogP) is 0.391. The number of alkyl halides is 1. The minimum atomic E-state index is -4.35. The van der Waals surface area contributed by atoms with E-state index in [1.807, 2.05) is 0 Å². The molecule has 3 fully saturated rings. The van der Waals surface area contributed by atoms with Crippen molar-refractivity contribution in [2.45, 2.75) is 49.1 Å². The Bertz CT molecular complexity index is 1810. The van der Waals surface area contributed by atoms with Crippen LogP contribution in [0, 0.1) is 0 Å². The Morgan fingerprint density at radius 1 is 1.07 bits per heavy atom. The van der Waals surface area contributed by atoms with Gasteiger partial charge in [-0.3, -0.25) is 22.7 Å². The zero-order valence-corrected chi connectivity index (χ0v) is 26.1. The predicted molar refractivity (Wildman–Crippen MR) is 159 cm³/mol. The first-order chi connectivity index (χ1) is 21.3. The second kappa shape index (κ2) is 11.3. The van der Waals surface area contributed by atoms with E-state index in [1.165, 1.54) is 28.1 Å². The van der Waals surface area contributed by atoms with Crippen molar-refractivity contribution in [1.29, 1.82) is 0 Å². The standard InChI is InChI=1S/C21H25FN10O9P2S2/c1-7-11-18(30-21(24)29-7)32(5-27-11)19-10(22)14-8(38-19)2-36-43(35,45)41-15-9(3-37-42(34,44)40-14)39-20(13(15)33)31-6-28-12-16(23)25-4-26-17(12)31/h4-6,8-10,13-15,19-20,33H,1-3H2,(H,34,44)(H,35,45)(H2,23,25,26)(H3,24,29,30)/t8-,9-,10-,13-,14-,15-,19-,20-,42?,43?/m1/s1. The molecule has 24 heteroatoms. The van der Waals surface area contributed by atoms with Gasteiger partial charge < -0.3 is 40.8 Å². The van der Waals surface area contributed by atoms with Crippen molar-refractivity contribution in [3.8, 4) is 0 Å². The summed E-state index contributed by atoms with van der Waals surface area (Å²) in [6.45, 7) is -5.85. The van der Waals surface area contributed by atoms with Crippen LogP contribution in [0.5, 0.6) is 0 Å². The molecular weight excluding hydrogens is 681 g/mol. The summed E-state index contributed by atoms with van der Waals surface area (Å²) in [7, 11) is 0. The third kappa shape index (κ3) is 5.57. The number of aliphatic imine (C=N–C) groups is 1. The third-order valence-electron chi connectivity index (χ3n) is 7.38. The molecule has 3 aromatic rings. The molecule has 4 aliphatic rings. The van der Waals surface area contributed by atoms with Crippen LogP contribution in [0.3, 0.4) is 0 Å². The Hall–Kier alpha value is -2.59. The van der Waals surface area contributed by atoms with Crippen LogP contribution in [-0.2, 0) is 43.9 Å². The van der Waals surface area contributed by atoms with Crippen molar-refractivity contribution in [1.82, 2.24) is 34.4 Å². The Morgan fingerprint density at radius 2 is 1.78 bits per heavy atom. The van der Waals surface area contributed by atoms with Crippen LogP contribution < -0.4 is 16.8 Å². The Morgan fingerprint density at radius 3 is 2.58 bits per heavy atom. The number of aromatic nitrogens is 6. The number of nitrogens with two attached hydrogens (primary N) is 2. The second-order valence-electron chi connectivity index (χ2n) is 10.2. The largest absolute Gasteiger partial charge is 0.386 e. The molecule has 242 valence electrons. The lowest BCUT2D eigenvalue weighted by Gasteiger charge is -2.29. The van der Waals surface area contributed by atoms with Gasteiger partial charge in [0, 0.05) is 0 Å². The number of imidazole rings is 2. The van der Waals surface area contributed by atoms with E-state index >= 15 is 4.39 Å². The first kappa shape index (κ1) is 31.0. The maximum atomic E-state index is 16.1. The van der Waals surface area contributed by atoms with Crippen molar-refractivity contribution < 1.29 is 46.5 Å². The maximum absolute atomic E-state index is 16.1. The molecule has 0 bridgehead atoms. The van der Waals surface area contributed by atoms with Gasteiger partial charge in [0.25, 0.3) is 0 Å². The van der Waals surface area contributed by atoms with Crippen LogP contribution in [0.1, 0.15) is 18.1 Å². The lowest BCUT2D eigenvalue weighted by atomic mass is 10.1. The molecule has 19 nitrogen and oxygen atoms in total. The molecule has 45 heavy (non-hydrogen) atoms. The number of nitrogens with zero attached hydrogens (tertiary/aromatic N) is 7. The van der Waals surface area contributed by atoms with Crippen molar-refractivity contribution in [3.05, 3.63) is 31.3 Å². The van der Waals surface area contributed by atoms with Crippen molar-refractivity contribution in [2.75, 3.05) is 18.9 Å². The molecule has 2 unspecified atom stereocenters. The summed E-state index contributed by atoms with van der Waals surface area (Å²) < 4.78 is 66.2. The summed E-state index contributed by atoms with van der Waals surface area (Å²) in [5.74, 6) is 0.241. The van der Waals surface area contributed by atoms with E-state index in [-0.39, 0.29) is 28.8 Å². The van der Waals surface area contributed by atoms with Gasteiger partial charge in [0.2, 0.25) is 0 Å². The molecule has 7 heterocycles. The smallest absolute Gasteiger partial charge is 0.386 e.